The number of amides is 1. The highest BCUT2D eigenvalue weighted by atomic mass is 79.9. The number of benzene rings is 1. The molecule has 100 valence electrons. The molecule has 0 fully saturated rings. The minimum atomic E-state index is -0.274. The number of aliphatic hydroxyl groups excluding tert-OH is 1. The molecular formula is C12H17BrN2O3. The molecule has 18 heavy (non-hydrogen) atoms. The van der Waals surface area contributed by atoms with Crippen molar-refractivity contribution in [2.24, 2.45) is 0 Å². The average Bonchev–Trinajstić information content (AvgIpc) is 2.33. The lowest BCUT2D eigenvalue weighted by Crippen LogP contribution is -2.39. The summed E-state index contributed by atoms with van der Waals surface area (Å²) >= 11 is 3.29. The molecule has 0 heterocycles. The number of anilines is 1. The van der Waals surface area contributed by atoms with Gasteiger partial charge >= 0.3 is 0 Å². The summed E-state index contributed by atoms with van der Waals surface area (Å²) in [6, 6.07) is 4.86. The van der Waals surface area contributed by atoms with Crippen LogP contribution in [0.2, 0.25) is 0 Å². The standard InChI is InChI=1S/C12H17BrN2O3/c1-18-7-9(4-5-16)15-12(17)10-6-8(13)2-3-11(10)14/h2-3,6,9,16H,4-5,7,14H2,1H3,(H,15,17). The molecule has 1 aromatic carbocycles. The SMILES string of the molecule is COCC(CCO)NC(=O)c1cc(Br)ccc1N. The summed E-state index contributed by atoms with van der Waals surface area (Å²) in [5.41, 5.74) is 6.57. The number of aliphatic hydroxyl groups is 1. The lowest BCUT2D eigenvalue weighted by Gasteiger charge is -2.17. The molecule has 0 aliphatic rings. The lowest BCUT2D eigenvalue weighted by atomic mass is 10.1. The van der Waals surface area contributed by atoms with E-state index in [1.54, 1.807) is 25.3 Å². The van der Waals surface area contributed by atoms with Crippen molar-refractivity contribution in [2.75, 3.05) is 26.1 Å². The number of nitrogens with two attached hydrogens (primary N) is 1. The second-order valence-corrected chi connectivity index (χ2v) is 4.79. The summed E-state index contributed by atoms with van der Waals surface area (Å²) in [6.07, 6.45) is 0.438. The highest BCUT2D eigenvalue weighted by Crippen LogP contribution is 2.18. The predicted octanol–water partition coefficient (Wildman–Crippen LogP) is 1.16. The van der Waals surface area contributed by atoms with Crippen molar-refractivity contribution >= 4 is 27.5 Å². The van der Waals surface area contributed by atoms with Gasteiger partial charge in [0.2, 0.25) is 0 Å². The van der Waals surface area contributed by atoms with Crippen molar-refractivity contribution in [2.45, 2.75) is 12.5 Å². The van der Waals surface area contributed by atoms with Gasteiger partial charge in [-0.2, -0.15) is 0 Å². The number of hydrogen-bond donors (Lipinski definition) is 3. The third kappa shape index (κ3) is 4.29. The summed E-state index contributed by atoms with van der Waals surface area (Å²) in [4.78, 5) is 12.0. The first kappa shape index (κ1) is 14.9. The maximum atomic E-state index is 12.0. The molecule has 0 aliphatic carbocycles. The van der Waals surface area contributed by atoms with E-state index in [0.717, 1.165) is 4.47 Å². The molecule has 1 aromatic rings. The van der Waals surface area contributed by atoms with Crippen LogP contribution in [0, 0.1) is 0 Å². The highest BCUT2D eigenvalue weighted by Gasteiger charge is 2.15. The third-order valence-electron chi connectivity index (χ3n) is 2.44. The van der Waals surface area contributed by atoms with E-state index in [2.05, 4.69) is 21.2 Å². The third-order valence-corrected chi connectivity index (χ3v) is 2.93. The van der Waals surface area contributed by atoms with Gasteiger partial charge < -0.3 is 20.9 Å². The number of rotatable bonds is 6. The maximum Gasteiger partial charge on any atom is 0.253 e. The summed E-state index contributed by atoms with van der Waals surface area (Å²) in [5, 5.41) is 11.7. The smallest absolute Gasteiger partial charge is 0.253 e. The summed E-state index contributed by atoms with van der Waals surface area (Å²) in [6.45, 7) is 0.336. The Hall–Kier alpha value is -1.11. The van der Waals surface area contributed by atoms with Gasteiger partial charge in [-0.3, -0.25) is 4.79 Å². The highest BCUT2D eigenvalue weighted by molar-refractivity contribution is 9.10. The lowest BCUT2D eigenvalue weighted by molar-refractivity contribution is 0.0879. The molecule has 1 amide bonds. The molecule has 5 nitrogen and oxygen atoms in total. The summed E-state index contributed by atoms with van der Waals surface area (Å²) < 4.78 is 5.77. The number of carbonyl (C=O) groups is 1. The molecule has 0 aromatic heterocycles. The van der Waals surface area contributed by atoms with Gasteiger partial charge in [-0.1, -0.05) is 15.9 Å². The van der Waals surface area contributed by atoms with Crippen LogP contribution in [-0.4, -0.2) is 37.4 Å². The number of nitrogens with one attached hydrogen (secondary N) is 1. The number of methoxy groups -OCH3 is 1. The number of ether oxygens (including phenoxy) is 1. The van der Waals surface area contributed by atoms with Gasteiger partial charge in [0.05, 0.1) is 18.2 Å². The molecule has 1 rings (SSSR count). The normalized spacial score (nSPS) is 12.2. The molecule has 0 aliphatic heterocycles. The van der Waals surface area contributed by atoms with E-state index < -0.39 is 0 Å². The first-order valence-corrected chi connectivity index (χ1v) is 6.33. The molecule has 0 bridgehead atoms. The van der Waals surface area contributed by atoms with Crippen molar-refractivity contribution in [3.8, 4) is 0 Å². The van der Waals surface area contributed by atoms with Crippen LogP contribution >= 0.6 is 15.9 Å². The minimum Gasteiger partial charge on any atom is -0.398 e. The largest absolute Gasteiger partial charge is 0.398 e. The predicted molar refractivity (Wildman–Crippen MR) is 73.4 cm³/mol. The van der Waals surface area contributed by atoms with E-state index in [4.69, 9.17) is 15.6 Å². The van der Waals surface area contributed by atoms with Crippen LogP contribution in [0.3, 0.4) is 0 Å². The van der Waals surface area contributed by atoms with Crippen LogP contribution in [0.5, 0.6) is 0 Å². The van der Waals surface area contributed by atoms with Crippen LogP contribution in [0.15, 0.2) is 22.7 Å². The van der Waals surface area contributed by atoms with E-state index >= 15 is 0 Å². The van der Waals surface area contributed by atoms with Gasteiger partial charge in [-0.15, -0.1) is 0 Å². The molecule has 0 saturated heterocycles. The Bertz CT molecular complexity index is 406. The van der Waals surface area contributed by atoms with E-state index in [0.29, 0.717) is 24.3 Å². The second-order valence-electron chi connectivity index (χ2n) is 3.87. The summed E-state index contributed by atoms with van der Waals surface area (Å²) in [5.74, 6) is -0.274. The van der Waals surface area contributed by atoms with Crippen molar-refractivity contribution < 1.29 is 14.6 Å². The van der Waals surface area contributed by atoms with E-state index in [1.165, 1.54) is 0 Å². The Kier molecular flexibility index (Phi) is 6.11. The zero-order chi connectivity index (χ0) is 13.5. The fourth-order valence-corrected chi connectivity index (χ4v) is 1.90. The molecule has 6 heteroatoms. The van der Waals surface area contributed by atoms with E-state index in [9.17, 15) is 4.79 Å². The zero-order valence-electron chi connectivity index (χ0n) is 10.1. The van der Waals surface area contributed by atoms with Crippen molar-refractivity contribution in [3.05, 3.63) is 28.2 Å². The van der Waals surface area contributed by atoms with Gasteiger partial charge in [0.25, 0.3) is 5.91 Å². The quantitative estimate of drug-likeness (QED) is 0.688. The van der Waals surface area contributed by atoms with Crippen LogP contribution in [0.25, 0.3) is 0 Å². The second kappa shape index (κ2) is 7.35. The Morgan fingerprint density at radius 3 is 2.94 bits per heavy atom. The minimum absolute atomic E-state index is 0.0116. The topological polar surface area (TPSA) is 84.6 Å². The molecule has 1 atom stereocenters. The zero-order valence-corrected chi connectivity index (χ0v) is 11.7. The van der Waals surface area contributed by atoms with Crippen LogP contribution in [-0.2, 0) is 4.74 Å². The molecule has 0 saturated carbocycles. The van der Waals surface area contributed by atoms with Crippen molar-refractivity contribution in [3.63, 3.8) is 0 Å². The van der Waals surface area contributed by atoms with Crippen molar-refractivity contribution in [1.82, 2.24) is 5.32 Å². The Balaban J connectivity index is 2.76. The van der Waals surface area contributed by atoms with E-state index in [-0.39, 0.29) is 18.6 Å². The van der Waals surface area contributed by atoms with Gasteiger partial charge in [0.1, 0.15) is 0 Å². The van der Waals surface area contributed by atoms with Crippen LogP contribution in [0.4, 0.5) is 5.69 Å². The van der Waals surface area contributed by atoms with Gasteiger partial charge in [-0.25, -0.2) is 0 Å². The monoisotopic (exact) mass is 316 g/mol. The number of carbonyl (C=O) groups excluding carboxylic acids is 1. The fourth-order valence-electron chi connectivity index (χ4n) is 1.54. The Morgan fingerprint density at radius 2 is 2.33 bits per heavy atom. The number of hydrogen-bond acceptors (Lipinski definition) is 4. The average molecular weight is 317 g/mol. The van der Waals surface area contributed by atoms with Gasteiger partial charge in [-0.05, 0) is 24.6 Å². The van der Waals surface area contributed by atoms with Crippen molar-refractivity contribution in [1.29, 1.82) is 0 Å². The van der Waals surface area contributed by atoms with E-state index in [1.807, 2.05) is 0 Å². The number of halogens is 1. The maximum absolute atomic E-state index is 12.0. The van der Waals surface area contributed by atoms with Crippen LogP contribution in [0.1, 0.15) is 16.8 Å². The van der Waals surface area contributed by atoms with Gasteiger partial charge in [0.15, 0.2) is 0 Å². The molecule has 0 spiro atoms. The number of nitrogen functional groups attached to an aromatic ring is 1. The van der Waals surface area contributed by atoms with Gasteiger partial charge in [0, 0.05) is 23.9 Å². The first-order chi connectivity index (χ1) is 8.58. The molecule has 0 radical (unpaired) electrons. The first-order valence-electron chi connectivity index (χ1n) is 5.54. The van der Waals surface area contributed by atoms with Crippen LogP contribution < -0.4 is 11.1 Å². The molecule has 1 unspecified atom stereocenters. The summed E-state index contributed by atoms with van der Waals surface area (Å²) in [7, 11) is 1.55. The fraction of sp³-hybridized carbons (Fsp3) is 0.417. The molecular weight excluding hydrogens is 300 g/mol. The Morgan fingerprint density at radius 1 is 1.61 bits per heavy atom. The Labute approximate surface area is 114 Å². The molecule has 4 N–H and O–H groups in total.